The Hall–Kier alpha value is -1.36. The quantitative estimate of drug-likeness (QED) is 0.619. The molecule has 1 aliphatic rings. The first-order valence-corrected chi connectivity index (χ1v) is 6.40. The van der Waals surface area contributed by atoms with Crippen LogP contribution in [0.25, 0.3) is 0 Å². The highest BCUT2D eigenvalue weighted by atomic mass is 79.9. The molecule has 0 N–H and O–H groups in total. The van der Waals surface area contributed by atoms with Crippen molar-refractivity contribution in [3.05, 3.63) is 28.2 Å². The number of carbonyl (C=O) groups is 2. The van der Waals surface area contributed by atoms with Crippen LogP contribution < -0.4 is 4.74 Å². The van der Waals surface area contributed by atoms with E-state index in [1.54, 1.807) is 12.1 Å². The molecule has 1 aromatic carbocycles. The van der Waals surface area contributed by atoms with E-state index >= 15 is 0 Å². The van der Waals surface area contributed by atoms with Crippen LogP contribution in [0.3, 0.4) is 0 Å². The van der Waals surface area contributed by atoms with Gasteiger partial charge in [-0.15, -0.1) is 0 Å². The van der Waals surface area contributed by atoms with E-state index in [9.17, 15) is 9.59 Å². The zero-order valence-electron chi connectivity index (χ0n) is 9.89. The van der Waals surface area contributed by atoms with E-state index in [-0.39, 0.29) is 17.8 Å². The predicted octanol–water partition coefficient (Wildman–Crippen LogP) is 2.45. The van der Waals surface area contributed by atoms with E-state index in [1.165, 1.54) is 7.11 Å². The maximum Gasteiger partial charge on any atom is 0.309 e. The minimum Gasteiger partial charge on any atom is -0.493 e. The van der Waals surface area contributed by atoms with Crippen LogP contribution in [-0.2, 0) is 9.53 Å². The normalized spacial score (nSPS) is 21.2. The lowest BCUT2D eigenvalue weighted by atomic mass is 10.2. The van der Waals surface area contributed by atoms with Crippen molar-refractivity contribution in [1.29, 1.82) is 0 Å². The minimum absolute atomic E-state index is 0.0508. The molecule has 18 heavy (non-hydrogen) atoms. The van der Waals surface area contributed by atoms with Gasteiger partial charge in [0, 0.05) is 10.4 Å². The van der Waals surface area contributed by atoms with Gasteiger partial charge in [0.15, 0.2) is 6.29 Å². The summed E-state index contributed by atoms with van der Waals surface area (Å²) in [7, 11) is 1.39. The molecule has 96 valence electrons. The van der Waals surface area contributed by atoms with Crippen LogP contribution in [0.1, 0.15) is 16.8 Å². The lowest BCUT2D eigenvalue weighted by molar-refractivity contribution is -0.142. The van der Waals surface area contributed by atoms with Crippen molar-refractivity contribution in [2.24, 2.45) is 11.8 Å². The summed E-state index contributed by atoms with van der Waals surface area (Å²) in [5, 5.41) is 0. The van der Waals surface area contributed by atoms with E-state index in [0.29, 0.717) is 17.9 Å². The first-order valence-electron chi connectivity index (χ1n) is 5.61. The third-order valence-electron chi connectivity index (χ3n) is 2.98. The highest BCUT2D eigenvalue weighted by Crippen LogP contribution is 2.39. The summed E-state index contributed by atoms with van der Waals surface area (Å²) in [6, 6.07) is 5.25. The Morgan fingerprint density at radius 3 is 3.00 bits per heavy atom. The number of methoxy groups -OCH3 is 1. The number of rotatable bonds is 5. The van der Waals surface area contributed by atoms with Gasteiger partial charge < -0.3 is 9.47 Å². The highest BCUT2D eigenvalue weighted by molar-refractivity contribution is 9.10. The second-order valence-corrected chi connectivity index (χ2v) is 5.15. The monoisotopic (exact) mass is 312 g/mol. The molecule has 0 aliphatic heterocycles. The molecule has 1 fully saturated rings. The summed E-state index contributed by atoms with van der Waals surface area (Å²) in [6.07, 6.45) is 1.55. The maximum absolute atomic E-state index is 11.2. The number of ether oxygens (including phenoxy) is 2. The molecule has 0 radical (unpaired) electrons. The molecule has 0 spiro atoms. The SMILES string of the molecule is COC(=O)[C@@H]1C[C@H]1COc1ccc(Br)cc1C=O. The van der Waals surface area contributed by atoms with Crippen molar-refractivity contribution < 1.29 is 19.1 Å². The lowest BCUT2D eigenvalue weighted by Gasteiger charge is -2.08. The van der Waals surface area contributed by atoms with Gasteiger partial charge in [0.1, 0.15) is 5.75 Å². The minimum atomic E-state index is -0.185. The standard InChI is InChI=1S/C13H13BrO4/c1-17-13(16)11-5-9(11)7-18-12-3-2-10(14)4-8(12)6-15/h2-4,6,9,11H,5,7H2,1H3/t9-,11+/m0/s1. The first-order chi connectivity index (χ1) is 8.65. The third-order valence-corrected chi connectivity index (χ3v) is 3.47. The van der Waals surface area contributed by atoms with Crippen LogP contribution >= 0.6 is 15.9 Å². The molecule has 0 unspecified atom stereocenters. The molecule has 4 nitrogen and oxygen atoms in total. The molecule has 2 rings (SSSR count). The molecule has 0 aromatic heterocycles. The van der Waals surface area contributed by atoms with Crippen molar-refractivity contribution in [2.45, 2.75) is 6.42 Å². The molecule has 0 amide bonds. The number of halogens is 1. The van der Waals surface area contributed by atoms with Crippen molar-refractivity contribution in [1.82, 2.24) is 0 Å². The Labute approximate surface area is 113 Å². The van der Waals surface area contributed by atoms with Crippen molar-refractivity contribution in [3.63, 3.8) is 0 Å². The fourth-order valence-corrected chi connectivity index (χ4v) is 2.19. The van der Waals surface area contributed by atoms with Crippen LogP contribution in [-0.4, -0.2) is 26.0 Å². The topological polar surface area (TPSA) is 52.6 Å². The van der Waals surface area contributed by atoms with Gasteiger partial charge in [-0.3, -0.25) is 9.59 Å². The van der Waals surface area contributed by atoms with Crippen LogP contribution in [0.5, 0.6) is 5.75 Å². The summed E-state index contributed by atoms with van der Waals surface area (Å²) in [6.45, 7) is 0.433. The Kier molecular flexibility index (Phi) is 4.01. The fraction of sp³-hybridized carbons (Fsp3) is 0.385. The first kappa shape index (κ1) is 13.1. The highest BCUT2D eigenvalue weighted by Gasteiger charge is 2.44. The van der Waals surface area contributed by atoms with Gasteiger partial charge >= 0.3 is 5.97 Å². The number of benzene rings is 1. The maximum atomic E-state index is 11.2. The summed E-state index contributed by atoms with van der Waals surface area (Å²) in [4.78, 5) is 22.1. The molecule has 0 heterocycles. The summed E-state index contributed by atoms with van der Waals surface area (Å²) in [5.74, 6) is 0.504. The van der Waals surface area contributed by atoms with E-state index in [2.05, 4.69) is 20.7 Å². The molecule has 1 aliphatic carbocycles. The molecule has 1 aromatic rings. The molecule has 2 atom stereocenters. The van der Waals surface area contributed by atoms with Gasteiger partial charge in [-0.2, -0.15) is 0 Å². The zero-order chi connectivity index (χ0) is 13.1. The number of hydrogen-bond donors (Lipinski definition) is 0. The van der Waals surface area contributed by atoms with Crippen LogP contribution in [0.2, 0.25) is 0 Å². The van der Waals surface area contributed by atoms with Gasteiger partial charge in [0.05, 0.1) is 25.2 Å². The Bertz CT molecular complexity index is 472. The number of carbonyl (C=O) groups excluding carboxylic acids is 2. The van der Waals surface area contributed by atoms with Gasteiger partial charge in [-0.1, -0.05) is 15.9 Å². The van der Waals surface area contributed by atoms with Gasteiger partial charge in [-0.05, 0) is 24.6 Å². The molecule has 0 saturated heterocycles. The van der Waals surface area contributed by atoms with Gasteiger partial charge in [0.25, 0.3) is 0 Å². The number of hydrogen-bond acceptors (Lipinski definition) is 4. The lowest BCUT2D eigenvalue weighted by Crippen LogP contribution is -2.09. The van der Waals surface area contributed by atoms with Crippen LogP contribution in [0.4, 0.5) is 0 Å². The molecule has 0 bridgehead atoms. The summed E-state index contributed by atoms with van der Waals surface area (Å²) in [5.41, 5.74) is 0.500. The van der Waals surface area contributed by atoms with Gasteiger partial charge in [0.2, 0.25) is 0 Å². The van der Waals surface area contributed by atoms with E-state index in [1.807, 2.05) is 6.07 Å². The Morgan fingerprint density at radius 2 is 2.33 bits per heavy atom. The Balaban J connectivity index is 1.92. The third kappa shape index (κ3) is 2.90. The largest absolute Gasteiger partial charge is 0.493 e. The molecule has 5 heteroatoms. The predicted molar refractivity (Wildman–Crippen MR) is 68.6 cm³/mol. The molecular formula is C13H13BrO4. The van der Waals surface area contributed by atoms with Gasteiger partial charge in [-0.25, -0.2) is 0 Å². The smallest absolute Gasteiger partial charge is 0.309 e. The van der Waals surface area contributed by atoms with E-state index in [4.69, 9.17) is 4.74 Å². The molecule has 1 saturated carbocycles. The van der Waals surface area contributed by atoms with Crippen molar-refractivity contribution in [3.8, 4) is 5.75 Å². The van der Waals surface area contributed by atoms with Crippen molar-refractivity contribution >= 4 is 28.2 Å². The number of esters is 1. The summed E-state index contributed by atoms with van der Waals surface area (Å²) < 4.78 is 11.1. The second kappa shape index (κ2) is 5.52. The Morgan fingerprint density at radius 1 is 1.56 bits per heavy atom. The van der Waals surface area contributed by atoms with Crippen molar-refractivity contribution in [2.75, 3.05) is 13.7 Å². The zero-order valence-corrected chi connectivity index (χ0v) is 11.5. The average Bonchev–Trinajstić information content (AvgIpc) is 3.15. The second-order valence-electron chi connectivity index (χ2n) is 4.24. The van der Waals surface area contributed by atoms with E-state index in [0.717, 1.165) is 17.2 Å². The van der Waals surface area contributed by atoms with E-state index < -0.39 is 0 Å². The molecular weight excluding hydrogens is 300 g/mol. The van der Waals surface area contributed by atoms with Crippen LogP contribution in [0, 0.1) is 11.8 Å². The average molecular weight is 313 g/mol. The summed E-state index contributed by atoms with van der Waals surface area (Å²) >= 11 is 3.29. The number of aldehydes is 1. The fourth-order valence-electron chi connectivity index (χ4n) is 1.81. The van der Waals surface area contributed by atoms with Crippen LogP contribution in [0.15, 0.2) is 22.7 Å².